The first-order valence-electron chi connectivity index (χ1n) is 6.35. The van der Waals surface area contributed by atoms with Crippen molar-refractivity contribution in [1.29, 1.82) is 0 Å². The lowest BCUT2D eigenvalue weighted by atomic mass is 9.95. The first-order chi connectivity index (χ1) is 8.45. The van der Waals surface area contributed by atoms with Crippen LogP contribution >= 0.6 is 0 Å². The molecule has 1 atom stereocenters. The molecule has 0 saturated carbocycles. The Kier molecular flexibility index (Phi) is 5.48. The Morgan fingerprint density at radius 2 is 2.06 bits per heavy atom. The fourth-order valence-electron chi connectivity index (χ4n) is 1.98. The van der Waals surface area contributed by atoms with Crippen molar-refractivity contribution in [3.05, 3.63) is 35.1 Å². The number of ether oxygens (including phenoxy) is 1. The smallest absolute Gasteiger partial charge is 0.166 e. The molecule has 0 radical (unpaired) electrons. The summed E-state index contributed by atoms with van der Waals surface area (Å²) in [5, 5.41) is 0. The van der Waals surface area contributed by atoms with Gasteiger partial charge in [0.25, 0.3) is 0 Å². The highest BCUT2D eigenvalue weighted by atomic mass is 19.1. The molecule has 0 saturated heterocycles. The summed E-state index contributed by atoms with van der Waals surface area (Å²) in [7, 11) is 0. The van der Waals surface area contributed by atoms with Gasteiger partial charge in [-0.1, -0.05) is 19.9 Å². The molecule has 0 aliphatic carbocycles. The minimum absolute atomic E-state index is 0.0570. The fourth-order valence-corrected chi connectivity index (χ4v) is 1.98. The maximum atomic E-state index is 13.0. The highest BCUT2D eigenvalue weighted by Crippen LogP contribution is 2.15. The average Bonchev–Trinajstić information content (AvgIpc) is 2.29. The van der Waals surface area contributed by atoms with Gasteiger partial charge in [0.05, 0.1) is 0 Å². The minimum Gasteiger partial charge on any atom is -0.370 e. The molecule has 2 nitrogen and oxygen atoms in total. The van der Waals surface area contributed by atoms with Gasteiger partial charge >= 0.3 is 0 Å². The lowest BCUT2D eigenvalue weighted by Crippen LogP contribution is -2.31. The van der Waals surface area contributed by atoms with Gasteiger partial charge in [0.2, 0.25) is 0 Å². The van der Waals surface area contributed by atoms with E-state index in [-0.39, 0.29) is 23.6 Å². The van der Waals surface area contributed by atoms with Crippen molar-refractivity contribution in [2.45, 2.75) is 40.2 Å². The van der Waals surface area contributed by atoms with E-state index >= 15 is 0 Å². The summed E-state index contributed by atoms with van der Waals surface area (Å²) < 4.78 is 18.5. The lowest BCUT2D eigenvalue weighted by molar-refractivity contribution is -0.132. The molecule has 3 heteroatoms. The zero-order chi connectivity index (χ0) is 13.7. The van der Waals surface area contributed by atoms with E-state index in [1.807, 2.05) is 27.7 Å². The maximum absolute atomic E-state index is 13.0. The Labute approximate surface area is 108 Å². The van der Waals surface area contributed by atoms with E-state index in [1.165, 1.54) is 12.1 Å². The minimum atomic E-state index is -0.376. The van der Waals surface area contributed by atoms with E-state index < -0.39 is 0 Å². The first-order valence-corrected chi connectivity index (χ1v) is 6.35. The van der Waals surface area contributed by atoms with Crippen LogP contribution in [0, 0.1) is 18.7 Å². The van der Waals surface area contributed by atoms with E-state index in [1.54, 1.807) is 6.07 Å². The van der Waals surface area contributed by atoms with Crippen molar-refractivity contribution in [1.82, 2.24) is 0 Å². The molecule has 0 amide bonds. The Morgan fingerprint density at radius 1 is 1.39 bits per heavy atom. The number of benzene rings is 1. The molecule has 1 aromatic rings. The van der Waals surface area contributed by atoms with E-state index in [2.05, 4.69) is 0 Å². The molecule has 100 valence electrons. The van der Waals surface area contributed by atoms with Crippen LogP contribution in [0.5, 0.6) is 0 Å². The van der Waals surface area contributed by atoms with Crippen LogP contribution in [0.4, 0.5) is 4.39 Å². The molecule has 18 heavy (non-hydrogen) atoms. The topological polar surface area (TPSA) is 26.3 Å². The van der Waals surface area contributed by atoms with Crippen LogP contribution in [0.3, 0.4) is 0 Å². The van der Waals surface area contributed by atoms with Gasteiger partial charge in [-0.15, -0.1) is 0 Å². The molecule has 0 spiro atoms. The number of Topliss-reactive ketones (excluding diaryl/α,β-unsaturated/α-hetero) is 1. The van der Waals surface area contributed by atoms with Crippen LogP contribution < -0.4 is 0 Å². The molecule has 1 rings (SSSR count). The normalized spacial score (nSPS) is 12.8. The molecule has 0 aliphatic heterocycles. The quantitative estimate of drug-likeness (QED) is 0.776. The second kappa shape index (κ2) is 6.64. The Hall–Kier alpha value is -1.22. The van der Waals surface area contributed by atoms with Gasteiger partial charge in [0.1, 0.15) is 11.9 Å². The third-order valence-electron chi connectivity index (χ3n) is 2.94. The van der Waals surface area contributed by atoms with Crippen molar-refractivity contribution in [3.63, 3.8) is 0 Å². The van der Waals surface area contributed by atoms with E-state index in [9.17, 15) is 9.18 Å². The zero-order valence-corrected chi connectivity index (χ0v) is 11.5. The molecule has 1 unspecified atom stereocenters. The van der Waals surface area contributed by atoms with Gasteiger partial charge in [0.15, 0.2) is 5.78 Å². The van der Waals surface area contributed by atoms with Crippen LogP contribution in [0.1, 0.15) is 31.9 Å². The third-order valence-corrected chi connectivity index (χ3v) is 2.94. The van der Waals surface area contributed by atoms with Crippen LogP contribution in [0.25, 0.3) is 0 Å². The molecule has 0 aromatic heterocycles. The van der Waals surface area contributed by atoms with Crippen molar-refractivity contribution >= 4 is 5.78 Å². The van der Waals surface area contributed by atoms with Gasteiger partial charge in [-0.25, -0.2) is 4.39 Å². The molecule has 0 heterocycles. The van der Waals surface area contributed by atoms with E-state index in [0.717, 1.165) is 11.1 Å². The highest BCUT2D eigenvalue weighted by molar-refractivity contribution is 5.85. The number of ketones is 1. The average molecular weight is 252 g/mol. The van der Waals surface area contributed by atoms with Gasteiger partial charge < -0.3 is 4.74 Å². The van der Waals surface area contributed by atoms with Gasteiger partial charge in [-0.05, 0) is 43.0 Å². The van der Waals surface area contributed by atoms with Gasteiger partial charge in [-0.3, -0.25) is 4.79 Å². The second-order valence-electron chi connectivity index (χ2n) is 4.83. The summed E-state index contributed by atoms with van der Waals surface area (Å²) in [5.74, 6) is -0.0614. The molecule has 0 N–H and O–H groups in total. The van der Waals surface area contributed by atoms with Crippen molar-refractivity contribution < 1.29 is 13.9 Å². The predicted molar refractivity (Wildman–Crippen MR) is 70.1 cm³/mol. The number of rotatable bonds is 6. The highest BCUT2D eigenvalue weighted by Gasteiger charge is 2.22. The summed E-state index contributed by atoms with van der Waals surface area (Å²) >= 11 is 0. The van der Waals surface area contributed by atoms with Crippen molar-refractivity contribution in [2.24, 2.45) is 5.92 Å². The summed E-state index contributed by atoms with van der Waals surface area (Å²) in [5.41, 5.74) is 1.68. The van der Waals surface area contributed by atoms with Crippen LogP contribution in [-0.4, -0.2) is 18.5 Å². The first kappa shape index (κ1) is 14.8. The molecule has 0 fully saturated rings. The molecular formula is C15H21FO2. The zero-order valence-electron chi connectivity index (χ0n) is 11.5. The van der Waals surface area contributed by atoms with E-state index in [4.69, 9.17) is 4.74 Å². The summed E-state index contributed by atoms with van der Waals surface area (Å²) in [6, 6.07) is 4.51. The van der Waals surface area contributed by atoms with Crippen LogP contribution in [-0.2, 0) is 16.0 Å². The van der Waals surface area contributed by atoms with Gasteiger partial charge in [0, 0.05) is 13.0 Å². The standard InChI is InChI=1S/C15H21FO2/c1-5-18-15(10(2)3)14(17)9-12-6-7-13(16)8-11(12)4/h6-8,10,15H,5,9H2,1-4H3. The SMILES string of the molecule is CCOC(C(=O)Cc1ccc(F)cc1C)C(C)C. The van der Waals surface area contributed by atoms with Crippen molar-refractivity contribution in [3.8, 4) is 0 Å². The lowest BCUT2D eigenvalue weighted by Gasteiger charge is -2.19. The number of hydrogen-bond acceptors (Lipinski definition) is 2. The molecule has 1 aromatic carbocycles. The summed E-state index contributed by atoms with van der Waals surface area (Å²) in [4.78, 5) is 12.2. The molecular weight excluding hydrogens is 231 g/mol. The number of halogens is 1. The summed E-state index contributed by atoms with van der Waals surface area (Å²) in [6.45, 7) is 8.16. The number of carbonyl (C=O) groups excluding carboxylic acids is 1. The Bertz CT molecular complexity index is 413. The molecule has 0 aliphatic rings. The monoisotopic (exact) mass is 252 g/mol. The van der Waals surface area contributed by atoms with Crippen molar-refractivity contribution in [2.75, 3.05) is 6.61 Å². The maximum Gasteiger partial charge on any atom is 0.166 e. The van der Waals surface area contributed by atoms with Gasteiger partial charge in [-0.2, -0.15) is 0 Å². The third kappa shape index (κ3) is 3.91. The Balaban J connectivity index is 2.79. The largest absolute Gasteiger partial charge is 0.370 e. The summed E-state index contributed by atoms with van der Waals surface area (Å²) in [6.07, 6.45) is -0.0750. The fraction of sp³-hybridized carbons (Fsp3) is 0.533. The van der Waals surface area contributed by atoms with Crippen LogP contribution in [0.2, 0.25) is 0 Å². The Morgan fingerprint density at radius 3 is 2.56 bits per heavy atom. The predicted octanol–water partition coefficient (Wildman–Crippen LogP) is 3.31. The number of aryl methyl sites for hydroxylation is 1. The second-order valence-corrected chi connectivity index (χ2v) is 4.83. The molecule has 0 bridgehead atoms. The number of carbonyl (C=O) groups is 1. The number of hydrogen-bond donors (Lipinski definition) is 0. The van der Waals surface area contributed by atoms with E-state index in [0.29, 0.717) is 13.0 Å². The van der Waals surface area contributed by atoms with Crippen LogP contribution in [0.15, 0.2) is 18.2 Å².